The number of thiophene rings is 4. The molecule has 0 aliphatic heterocycles. The third-order valence-corrected chi connectivity index (χ3v) is 16.4. The summed E-state index contributed by atoms with van der Waals surface area (Å²) >= 11 is 7.08. The van der Waals surface area contributed by atoms with Gasteiger partial charge in [-0.3, -0.25) is 9.59 Å². The van der Waals surface area contributed by atoms with Gasteiger partial charge in [0.15, 0.2) is 0 Å². The average Bonchev–Trinajstić information content (AvgIpc) is 4.03. The lowest BCUT2D eigenvalue weighted by atomic mass is 9.84. The second kappa shape index (κ2) is 15.8. The summed E-state index contributed by atoms with van der Waals surface area (Å²) in [6.45, 7) is 8.95. The molecule has 3 aromatic carbocycles. The van der Waals surface area contributed by atoms with Crippen LogP contribution >= 0.6 is 45.3 Å². The van der Waals surface area contributed by atoms with Crippen molar-refractivity contribution < 1.29 is 9.59 Å². The Bertz CT molecular complexity index is 2430. The Labute approximate surface area is 346 Å². The monoisotopic (exact) mass is 808 g/mol. The Morgan fingerprint density at radius 1 is 0.393 bits per heavy atom. The fraction of sp³-hybridized carbons (Fsp3) is 0.320. The third kappa shape index (κ3) is 6.32. The average molecular weight is 809 g/mol. The molecule has 2 aliphatic carbocycles. The molecule has 4 aromatic heterocycles. The largest absolute Gasteiger partial charge is 0.288 e. The van der Waals surface area contributed by atoms with E-state index < -0.39 is 0 Å². The minimum absolute atomic E-state index is 0.186. The summed E-state index contributed by atoms with van der Waals surface area (Å²) in [6, 6.07) is 27.0. The summed E-state index contributed by atoms with van der Waals surface area (Å²) in [5, 5.41) is 7.23. The smallest absolute Gasteiger partial charge is 0.205 e. The zero-order chi connectivity index (χ0) is 38.5. The lowest BCUT2D eigenvalue weighted by Gasteiger charge is -2.20. The van der Waals surface area contributed by atoms with E-state index in [-0.39, 0.29) is 11.6 Å². The van der Waals surface area contributed by atoms with Crippen LogP contribution in [-0.4, -0.2) is 11.6 Å². The van der Waals surface area contributed by atoms with Crippen LogP contribution < -0.4 is 10.4 Å². The van der Waals surface area contributed by atoms with Crippen LogP contribution in [0.3, 0.4) is 0 Å². The van der Waals surface area contributed by atoms with Gasteiger partial charge in [-0.15, -0.1) is 45.3 Å². The minimum Gasteiger partial charge on any atom is -0.288 e. The zero-order valence-corrected chi connectivity index (χ0v) is 36.1. The zero-order valence-electron chi connectivity index (χ0n) is 32.9. The van der Waals surface area contributed by atoms with E-state index in [9.17, 15) is 9.59 Å². The molecule has 6 heteroatoms. The lowest BCUT2D eigenvalue weighted by molar-refractivity contribution is 0.103. The van der Waals surface area contributed by atoms with Crippen molar-refractivity contribution in [2.45, 2.75) is 105 Å². The highest BCUT2D eigenvalue weighted by Gasteiger charge is 2.35. The fourth-order valence-corrected chi connectivity index (χ4v) is 13.6. The molecule has 0 saturated carbocycles. The lowest BCUT2D eigenvalue weighted by Crippen LogP contribution is -2.24. The van der Waals surface area contributed by atoms with Crippen LogP contribution in [0, 0.1) is 0 Å². The van der Waals surface area contributed by atoms with Gasteiger partial charge in [0.25, 0.3) is 0 Å². The van der Waals surface area contributed by atoms with E-state index in [0.717, 1.165) is 119 Å². The molecule has 4 heterocycles. The summed E-state index contributed by atoms with van der Waals surface area (Å²) in [5.74, 6) is 0.372. The topological polar surface area (TPSA) is 34.1 Å². The van der Waals surface area contributed by atoms with Crippen molar-refractivity contribution in [3.63, 3.8) is 0 Å². The van der Waals surface area contributed by atoms with Gasteiger partial charge >= 0.3 is 0 Å². The SMILES string of the molecule is CCCCc1cc2c(s1)C(=O)c1cc(CCCC)sc1C2=c1c2ccccc2c(=C2c3cc(CCCC)sc3C(=O)c3cc(CCCC)sc32)c2ccccc12. The number of carbonyl (C=O) groups is 2. The molecule has 0 bridgehead atoms. The molecule has 0 radical (unpaired) electrons. The predicted octanol–water partition coefficient (Wildman–Crippen LogP) is 13.2. The van der Waals surface area contributed by atoms with Crippen LogP contribution in [0.15, 0.2) is 72.8 Å². The number of carbonyl (C=O) groups excluding carboxylic acids is 2. The standard InChI is InChI=1S/C50H48O2S4/c1-5-9-17-29-25-37-43(47-39(45(51)49(37)55-29)27-31(53-47)19-11-7-3)41-33-21-13-15-23-35(33)42(36-24-16-14-22-34(36)41)44-38-26-30(18-10-6-2)56-50(38)46(52)40-28-32(20-12-8-4)54-48(40)44/h13-16,21-28H,5-12,17-20H2,1-4H3. The Morgan fingerprint density at radius 3 is 0.982 bits per heavy atom. The van der Waals surface area contributed by atoms with Crippen LogP contribution in [0.25, 0.3) is 32.7 Å². The van der Waals surface area contributed by atoms with Crippen molar-refractivity contribution in [3.05, 3.63) is 145 Å². The molecule has 2 aliphatic rings. The summed E-state index contributed by atoms with van der Waals surface area (Å²) in [4.78, 5) is 38.0. The number of fused-ring (bicyclic) bond motifs is 6. The number of ketones is 2. The molecular formula is C50H48O2S4. The van der Waals surface area contributed by atoms with E-state index in [1.165, 1.54) is 62.6 Å². The van der Waals surface area contributed by atoms with Crippen molar-refractivity contribution in [1.29, 1.82) is 0 Å². The van der Waals surface area contributed by atoms with Gasteiger partial charge in [-0.1, -0.05) is 102 Å². The molecule has 0 unspecified atom stereocenters. The molecule has 7 aromatic rings. The number of benzene rings is 3. The number of aryl methyl sites for hydroxylation is 4. The van der Waals surface area contributed by atoms with E-state index in [4.69, 9.17) is 0 Å². The molecule has 0 atom stereocenters. The molecule has 0 amide bonds. The highest BCUT2D eigenvalue weighted by atomic mass is 32.1. The molecule has 0 fully saturated rings. The van der Waals surface area contributed by atoms with Gasteiger partial charge in [0.2, 0.25) is 11.6 Å². The first-order valence-corrected chi connectivity index (χ1v) is 24.0. The van der Waals surface area contributed by atoms with E-state index >= 15 is 0 Å². The van der Waals surface area contributed by atoms with Gasteiger partial charge in [-0.2, -0.15) is 0 Å². The quantitative estimate of drug-likeness (QED) is 0.115. The van der Waals surface area contributed by atoms with Gasteiger partial charge < -0.3 is 0 Å². The van der Waals surface area contributed by atoms with Crippen LogP contribution in [0.5, 0.6) is 0 Å². The second-order valence-electron chi connectivity index (χ2n) is 15.5. The predicted molar refractivity (Wildman–Crippen MR) is 243 cm³/mol. The Hall–Kier alpha value is -3.94. The fourth-order valence-electron chi connectivity index (χ4n) is 8.74. The summed E-state index contributed by atoms with van der Waals surface area (Å²) in [5.41, 5.74) is 6.36. The van der Waals surface area contributed by atoms with Gasteiger partial charge in [0.05, 0.1) is 9.75 Å². The molecule has 0 saturated heterocycles. The minimum atomic E-state index is 0.186. The number of hydrogen-bond donors (Lipinski definition) is 0. The maximum Gasteiger partial charge on any atom is 0.205 e. The molecule has 0 spiro atoms. The van der Waals surface area contributed by atoms with Crippen LogP contribution in [0.4, 0.5) is 0 Å². The molecule has 284 valence electrons. The second-order valence-corrected chi connectivity index (χ2v) is 20.0. The maximum absolute atomic E-state index is 14.4. The highest BCUT2D eigenvalue weighted by molar-refractivity contribution is 7.17. The van der Waals surface area contributed by atoms with Crippen molar-refractivity contribution in [1.82, 2.24) is 0 Å². The summed E-state index contributed by atoms with van der Waals surface area (Å²) in [6.07, 6.45) is 12.9. The third-order valence-electron chi connectivity index (χ3n) is 11.6. The van der Waals surface area contributed by atoms with Crippen LogP contribution in [0.1, 0.15) is 150 Å². The van der Waals surface area contributed by atoms with Gasteiger partial charge in [-0.25, -0.2) is 0 Å². The number of hydrogen-bond acceptors (Lipinski definition) is 6. The number of unbranched alkanes of at least 4 members (excludes halogenated alkanes) is 4. The van der Waals surface area contributed by atoms with Crippen molar-refractivity contribution >= 4 is 89.6 Å². The summed E-state index contributed by atoms with van der Waals surface area (Å²) < 4.78 is 0. The number of rotatable bonds is 12. The molecule has 56 heavy (non-hydrogen) atoms. The Morgan fingerprint density at radius 2 is 0.679 bits per heavy atom. The van der Waals surface area contributed by atoms with E-state index in [2.05, 4.69) is 100 Å². The summed E-state index contributed by atoms with van der Waals surface area (Å²) in [7, 11) is 0. The first kappa shape index (κ1) is 37.6. The van der Waals surface area contributed by atoms with Crippen molar-refractivity contribution in [3.8, 4) is 0 Å². The van der Waals surface area contributed by atoms with Gasteiger partial charge in [-0.05, 0) is 108 Å². The van der Waals surface area contributed by atoms with Crippen molar-refractivity contribution in [2.75, 3.05) is 0 Å². The highest BCUT2D eigenvalue weighted by Crippen LogP contribution is 2.46. The maximum atomic E-state index is 14.4. The molecule has 0 N–H and O–H groups in total. The molecular weight excluding hydrogens is 761 g/mol. The Kier molecular flexibility index (Phi) is 10.6. The molecule has 2 nitrogen and oxygen atoms in total. The van der Waals surface area contributed by atoms with E-state index in [1.807, 2.05) is 22.7 Å². The first-order chi connectivity index (χ1) is 27.4. The molecule has 9 rings (SSSR count). The van der Waals surface area contributed by atoms with Gasteiger partial charge in [0, 0.05) is 62.7 Å². The van der Waals surface area contributed by atoms with E-state index in [0.29, 0.717) is 0 Å². The first-order valence-electron chi connectivity index (χ1n) is 20.7. The van der Waals surface area contributed by atoms with Crippen molar-refractivity contribution in [2.24, 2.45) is 0 Å². The van der Waals surface area contributed by atoms with Crippen LogP contribution in [-0.2, 0) is 25.7 Å². The Balaban J connectivity index is 1.45. The normalized spacial score (nSPS) is 13.5. The van der Waals surface area contributed by atoms with E-state index in [1.54, 1.807) is 22.7 Å². The van der Waals surface area contributed by atoms with Gasteiger partial charge in [0.1, 0.15) is 0 Å². The van der Waals surface area contributed by atoms with Crippen LogP contribution in [0.2, 0.25) is 0 Å².